The Bertz CT molecular complexity index is 1220. The summed E-state index contributed by atoms with van der Waals surface area (Å²) in [4.78, 5) is 34.6. The number of hydrogen-bond acceptors (Lipinski definition) is 4. The molecule has 0 spiro atoms. The number of rotatable bonds is 9. The van der Waals surface area contributed by atoms with Crippen LogP contribution in [-0.4, -0.2) is 57.8 Å². The number of piperidine rings is 1. The molecule has 7 nitrogen and oxygen atoms in total. The molecule has 4 rings (SSSR count). The molecule has 1 saturated heterocycles. The molecule has 0 atom stereocenters. The van der Waals surface area contributed by atoms with Crippen LogP contribution in [0, 0.1) is 5.82 Å². The molecule has 8 heteroatoms. The van der Waals surface area contributed by atoms with Gasteiger partial charge in [0, 0.05) is 66.5 Å². The van der Waals surface area contributed by atoms with Crippen molar-refractivity contribution >= 4 is 23.2 Å². The molecule has 1 aliphatic rings. The van der Waals surface area contributed by atoms with Crippen molar-refractivity contribution in [3.8, 4) is 0 Å². The number of carbonyl (C=O) groups excluding carboxylic acids is 2. The predicted octanol–water partition coefficient (Wildman–Crippen LogP) is 5.31. The van der Waals surface area contributed by atoms with E-state index in [9.17, 15) is 9.59 Å². The predicted molar refractivity (Wildman–Crippen MR) is 149 cm³/mol. The lowest BCUT2D eigenvalue weighted by Crippen LogP contribution is -2.43. The molecule has 3 N–H and O–H groups in total. The first-order valence-electron chi connectivity index (χ1n) is 13.3. The lowest BCUT2D eigenvalue weighted by Gasteiger charge is -2.40. The summed E-state index contributed by atoms with van der Waals surface area (Å²) in [6.45, 7) is 10.6. The highest BCUT2D eigenvalue weighted by Crippen LogP contribution is 2.35. The molecule has 1 aromatic heterocycles. The summed E-state index contributed by atoms with van der Waals surface area (Å²) in [6.07, 6.45) is 3.56. The maximum Gasteiger partial charge on any atom is 0.254 e. The second-order valence-electron chi connectivity index (χ2n) is 10.5. The third-order valence-corrected chi connectivity index (χ3v) is 7.21. The topological polar surface area (TPSA) is 85.7 Å². The highest BCUT2D eigenvalue weighted by molar-refractivity contribution is 5.95. The Balaban J connectivity index is 1.63. The van der Waals surface area contributed by atoms with E-state index in [0.29, 0.717) is 11.3 Å². The quantitative estimate of drug-likeness (QED) is 0.401. The summed E-state index contributed by atoms with van der Waals surface area (Å²) >= 11 is 0. The van der Waals surface area contributed by atoms with E-state index in [1.54, 1.807) is 12.1 Å². The fourth-order valence-corrected chi connectivity index (χ4v) is 5.42. The number of H-pyrrole nitrogens is 1. The maximum absolute atomic E-state index is 15.3. The molecule has 0 radical (unpaired) electrons. The van der Waals surface area contributed by atoms with Crippen molar-refractivity contribution in [1.29, 1.82) is 0 Å². The summed E-state index contributed by atoms with van der Waals surface area (Å²) in [7, 11) is 0. The van der Waals surface area contributed by atoms with Gasteiger partial charge >= 0.3 is 0 Å². The van der Waals surface area contributed by atoms with Crippen molar-refractivity contribution < 1.29 is 14.0 Å². The van der Waals surface area contributed by atoms with E-state index >= 15 is 4.39 Å². The number of anilines is 2. The molecule has 0 aliphatic carbocycles. The first-order chi connectivity index (χ1) is 18.2. The number of primary amides is 1. The number of halogens is 1. The highest BCUT2D eigenvalue weighted by atomic mass is 19.1. The minimum atomic E-state index is -0.602. The minimum Gasteiger partial charge on any atom is -0.366 e. The van der Waals surface area contributed by atoms with Gasteiger partial charge in [0.25, 0.3) is 5.91 Å². The average Bonchev–Trinajstić information content (AvgIpc) is 3.39. The number of nitrogens with one attached hydrogen (secondary N) is 1. The number of carbonyl (C=O) groups is 2. The van der Waals surface area contributed by atoms with E-state index in [2.05, 4.69) is 16.0 Å². The molecule has 2 heterocycles. The number of aromatic amines is 1. The molecule has 2 aromatic carbocycles. The van der Waals surface area contributed by atoms with Gasteiger partial charge in [-0.15, -0.1) is 0 Å². The average molecular weight is 520 g/mol. The van der Waals surface area contributed by atoms with Gasteiger partial charge in [-0.2, -0.15) is 0 Å². The van der Waals surface area contributed by atoms with Crippen molar-refractivity contribution in [1.82, 2.24) is 14.8 Å². The molecule has 0 bridgehead atoms. The van der Waals surface area contributed by atoms with Crippen LogP contribution >= 0.6 is 0 Å². The number of hydrogen-bond donors (Lipinski definition) is 2. The fourth-order valence-electron chi connectivity index (χ4n) is 5.42. The SMILES string of the molecule is CC(C)N(C(=O)c1ccc(N(c2cc(C(N)=O)ccc2F)C2CCN(Cc3ccc[nH]3)CC2)cc1)C(C)C. The lowest BCUT2D eigenvalue weighted by atomic mass is 9.99. The molecular weight excluding hydrogens is 481 g/mol. The summed E-state index contributed by atoms with van der Waals surface area (Å²) < 4.78 is 15.3. The van der Waals surface area contributed by atoms with E-state index in [4.69, 9.17) is 5.73 Å². The molecule has 0 unspecified atom stereocenters. The van der Waals surface area contributed by atoms with Gasteiger partial charge in [0.1, 0.15) is 5.82 Å². The third-order valence-electron chi connectivity index (χ3n) is 7.21. The van der Waals surface area contributed by atoms with Gasteiger partial charge in [0.05, 0.1) is 5.69 Å². The smallest absolute Gasteiger partial charge is 0.254 e. The number of benzene rings is 2. The Morgan fingerprint density at radius 3 is 2.18 bits per heavy atom. The van der Waals surface area contributed by atoms with Crippen LogP contribution in [0.3, 0.4) is 0 Å². The van der Waals surface area contributed by atoms with Crippen molar-refractivity contribution in [3.63, 3.8) is 0 Å². The molecule has 0 saturated carbocycles. The van der Waals surface area contributed by atoms with E-state index in [-0.39, 0.29) is 29.6 Å². The highest BCUT2D eigenvalue weighted by Gasteiger charge is 2.29. The number of likely N-dealkylation sites (tertiary alicyclic amines) is 1. The molecule has 202 valence electrons. The van der Waals surface area contributed by atoms with Crippen LogP contribution in [0.5, 0.6) is 0 Å². The number of amides is 2. The molecule has 2 amide bonds. The normalized spacial score (nSPS) is 14.7. The van der Waals surface area contributed by atoms with Crippen LogP contribution in [0.4, 0.5) is 15.8 Å². The van der Waals surface area contributed by atoms with Crippen LogP contribution < -0.4 is 10.6 Å². The number of aromatic nitrogens is 1. The van der Waals surface area contributed by atoms with Gasteiger partial charge in [-0.3, -0.25) is 14.5 Å². The zero-order valence-corrected chi connectivity index (χ0v) is 22.7. The second-order valence-corrected chi connectivity index (χ2v) is 10.5. The largest absolute Gasteiger partial charge is 0.366 e. The summed E-state index contributed by atoms with van der Waals surface area (Å²) in [5.74, 6) is -1.06. The number of nitrogens with two attached hydrogens (primary N) is 1. The molecule has 1 aliphatic heterocycles. The van der Waals surface area contributed by atoms with Gasteiger partial charge < -0.3 is 20.5 Å². The van der Waals surface area contributed by atoms with Crippen molar-refractivity contribution in [3.05, 3.63) is 83.4 Å². The Kier molecular flexibility index (Phi) is 8.52. The van der Waals surface area contributed by atoms with E-state index in [0.717, 1.165) is 43.9 Å². The van der Waals surface area contributed by atoms with Crippen molar-refractivity contribution in [2.24, 2.45) is 5.73 Å². The molecule has 38 heavy (non-hydrogen) atoms. The second kappa shape index (κ2) is 11.8. The van der Waals surface area contributed by atoms with Gasteiger partial charge in [0.2, 0.25) is 5.91 Å². The van der Waals surface area contributed by atoms with Gasteiger partial charge in [-0.05, 0) is 95.1 Å². The fraction of sp³-hybridized carbons (Fsp3) is 0.400. The van der Waals surface area contributed by atoms with Gasteiger partial charge in [-0.25, -0.2) is 4.39 Å². The zero-order valence-electron chi connectivity index (χ0n) is 22.7. The van der Waals surface area contributed by atoms with Crippen LogP contribution in [0.15, 0.2) is 60.8 Å². The van der Waals surface area contributed by atoms with Crippen molar-refractivity contribution in [2.45, 2.75) is 65.2 Å². The molecule has 3 aromatic rings. The summed E-state index contributed by atoms with van der Waals surface area (Å²) in [5.41, 5.74) is 8.62. The Hall–Kier alpha value is -3.65. The van der Waals surface area contributed by atoms with Crippen LogP contribution in [0.2, 0.25) is 0 Å². The zero-order chi connectivity index (χ0) is 27.4. The minimum absolute atomic E-state index is 0.0110. The summed E-state index contributed by atoms with van der Waals surface area (Å²) in [5, 5.41) is 0. The van der Waals surface area contributed by atoms with E-state index < -0.39 is 11.7 Å². The standard InChI is InChI=1S/C30H38FN5O2/c1-20(2)35(21(3)4)30(38)22-7-10-25(11-8-22)36(28-18-23(29(32)37)9-12-27(28)31)26-13-16-34(17-14-26)19-24-6-5-15-33-24/h5-12,15,18,20-21,26,33H,13-14,16-17,19H2,1-4H3,(H2,32,37). The van der Waals surface area contributed by atoms with Crippen molar-refractivity contribution in [2.75, 3.05) is 18.0 Å². The first-order valence-corrected chi connectivity index (χ1v) is 13.3. The first kappa shape index (κ1) is 27.4. The van der Waals surface area contributed by atoms with Crippen LogP contribution in [0.1, 0.15) is 66.9 Å². The lowest BCUT2D eigenvalue weighted by molar-refractivity contribution is 0.0643. The van der Waals surface area contributed by atoms with E-state index in [1.165, 1.54) is 18.2 Å². The van der Waals surface area contributed by atoms with Gasteiger partial charge in [0.15, 0.2) is 0 Å². The van der Waals surface area contributed by atoms with E-state index in [1.807, 2.05) is 61.9 Å². The summed E-state index contributed by atoms with van der Waals surface area (Å²) in [6, 6.07) is 15.8. The Labute approximate surface area is 224 Å². The Morgan fingerprint density at radius 1 is 1.00 bits per heavy atom. The monoisotopic (exact) mass is 519 g/mol. The number of nitrogens with zero attached hydrogens (tertiary/aromatic N) is 3. The molecular formula is C30H38FN5O2. The van der Waals surface area contributed by atoms with Crippen LogP contribution in [-0.2, 0) is 6.54 Å². The van der Waals surface area contributed by atoms with Gasteiger partial charge in [-0.1, -0.05) is 0 Å². The molecule has 1 fully saturated rings. The maximum atomic E-state index is 15.3. The third kappa shape index (κ3) is 6.07. The Morgan fingerprint density at radius 2 is 1.63 bits per heavy atom. The van der Waals surface area contributed by atoms with Crippen LogP contribution in [0.25, 0.3) is 0 Å².